The van der Waals surface area contributed by atoms with Gasteiger partial charge in [0.2, 0.25) is 0 Å². The number of ether oxygens (including phenoxy) is 3. The zero-order valence-electron chi connectivity index (χ0n) is 18.1. The summed E-state index contributed by atoms with van der Waals surface area (Å²) in [6.45, 7) is 8.65. The van der Waals surface area contributed by atoms with Crippen LogP contribution in [-0.2, 0) is 20.8 Å². The molecule has 8 nitrogen and oxygen atoms in total. The van der Waals surface area contributed by atoms with E-state index in [0.717, 1.165) is 5.56 Å². The summed E-state index contributed by atoms with van der Waals surface area (Å²) < 4.78 is 17.0. The summed E-state index contributed by atoms with van der Waals surface area (Å²) >= 11 is 0. The minimum atomic E-state index is -1.31. The third kappa shape index (κ3) is 7.21. The quantitative estimate of drug-likeness (QED) is 0.224. The van der Waals surface area contributed by atoms with Crippen LogP contribution in [0.15, 0.2) is 35.5 Å². The molecular formula is C21H35N3O5. The molecule has 1 aromatic carbocycles. The second-order valence-electron chi connectivity index (χ2n) is 7.88. The Hall–Kier alpha value is -2.32. The van der Waals surface area contributed by atoms with Gasteiger partial charge >= 0.3 is 6.09 Å². The first-order valence-electron chi connectivity index (χ1n) is 9.79. The molecule has 0 aliphatic rings. The van der Waals surface area contributed by atoms with E-state index in [4.69, 9.17) is 19.9 Å². The number of methoxy groups -OCH3 is 1. The lowest BCUT2D eigenvalue weighted by atomic mass is 9.72. The molecule has 0 aliphatic heterocycles. The molecule has 0 fully saturated rings. The van der Waals surface area contributed by atoms with Crippen LogP contribution in [0, 0.1) is 5.41 Å². The van der Waals surface area contributed by atoms with Crippen LogP contribution in [0.25, 0.3) is 0 Å². The highest BCUT2D eigenvalue weighted by atomic mass is 16.6. The van der Waals surface area contributed by atoms with E-state index in [-0.39, 0.29) is 11.9 Å². The summed E-state index contributed by atoms with van der Waals surface area (Å²) in [5.41, 5.74) is 5.15. The molecule has 0 aliphatic carbocycles. The molecule has 1 aromatic rings. The van der Waals surface area contributed by atoms with Crippen molar-refractivity contribution in [3.05, 3.63) is 35.9 Å². The fourth-order valence-electron chi connectivity index (χ4n) is 3.08. The first-order chi connectivity index (χ1) is 13.7. The van der Waals surface area contributed by atoms with Gasteiger partial charge in [-0.2, -0.15) is 0 Å². The van der Waals surface area contributed by atoms with Crippen molar-refractivity contribution in [1.29, 1.82) is 0 Å². The molecule has 0 bridgehead atoms. The van der Waals surface area contributed by atoms with Crippen molar-refractivity contribution in [1.82, 2.24) is 5.32 Å². The Morgan fingerprint density at radius 1 is 1.28 bits per heavy atom. The van der Waals surface area contributed by atoms with Crippen molar-refractivity contribution in [2.45, 2.75) is 58.8 Å². The average Bonchev–Trinajstić information content (AvgIpc) is 2.68. The van der Waals surface area contributed by atoms with Crippen LogP contribution < -0.4 is 11.1 Å². The van der Waals surface area contributed by atoms with Crippen LogP contribution >= 0.6 is 0 Å². The Bertz CT molecular complexity index is 645. The van der Waals surface area contributed by atoms with E-state index in [1.807, 2.05) is 51.1 Å². The van der Waals surface area contributed by atoms with Gasteiger partial charge in [0.25, 0.3) is 0 Å². The SMILES string of the molecule is CCNC(=O)OC(CC[C@@H](COCc1ccccc1)OC)(C(N)=NO)C(C)(C)C. The number of rotatable bonds is 11. The number of amidine groups is 1. The predicted octanol–water partition coefficient (Wildman–Crippen LogP) is 3.28. The van der Waals surface area contributed by atoms with Gasteiger partial charge in [-0.15, -0.1) is 0 Å². The molecule has 0 radical (unpaired) electrons. The van der Waals surface area contributed by atoms with Crippen LogP contribution in [0.2, 0.25) is 0 Å². The van der Waals surface area contributed by atoms with Gasteiger partial charge in [-0.25, -0.2) is 4.79 Å². The monoisotopic (exact) mass is 409 g/mol. The molecule has 4 N–H and O–H groups in total. The summed E-state index contributed by atoms with van der Waals surface area (Å²) in [5.74, 6) is -0.156. The van der Waals surface area contributed by atoms with Crippen molar-refractivity contribution in [2.24, 2.45) is 16.3 Å². The topological polar surface area (TPSA) is 115 Å². The minimum Gasteiger partial charge on any atom is -0.434 e. The smallest absolute Gasteiger partial charge is 0.408 e. The van der Waals surface area contributed by atoms with Crippen LogP contribution in [0.3, 0.4) is 0 Å². The van der Waals surface area contributed by atoms with Gasteiger partial charge in [0.1, 0.15) is 0 Å². The van der Waals surface area contributed by atoms with E-state index in [9.17, 15) is 10.0 Å². The van der Waals surface area contributed by atoms with Gasteiger partial charge in [-0.1, -0.05) is 56.3 Å². The maximum absolute atomic E-state index is 12.2. The highest BCUT2D eigenvalue weighted by molar-refractivity contribution is 5.91. The number of alkyl carbamates (subject to hydrolysis) is 1. The van der Waals surface area contributed by atoms with Crippen molar-refractivity contribution < 1.29 is 24.2 Å². The second kappa shape index (κ2) is 11.6. The average molecular weight is 410 g/mol. The van der Waals surface area contributed by atoms with E-state index in [2.05, 4.69) is 10.5 Å². The number of carbonyl (C=O) groups excluding carboxylic acids is 1. The fourth-order valence-corrected chi connectivity index (χ4v) is 3.08. The van der Waals surface area contributed by atoms with Crippen LogP contribution in [0.4, 0.5) is 4.79 Å². The van der Waals surface area contributed by atoms with Crippen molar-refractivity contribution in [3.63, 3.8) is 0 Å². The Morgan fingerprint density at radius 2 is 1.93 bits per heavy atom. The summed E-state index contributed by atoms with van der Waals surface area (Å²) in [6.07, 6.45) is -0.0809. The van der Waals surface area contributed by atoms with E-state index in [0.29, 0.717) is 32.6 Å². The fraction of sp³-hybridized carbons (Fsp3) is 0.619. The number of hydrogen-bond donors (Lipinski definition) is 3. The molecule has 1 amide bonds. The molecule has 164 valence electrons. The van der Waals surface area contributed by atoms with Crippen molar-refractivity contribution in [3.8, 4) is 0 Å². The largest absolute Gasteiger partial charge is 0.434 e. The number of nitrogens with one attached hydrogen (secondary N) is 1. The number of benzene rings is 1. The number of hydrogen-bond acceptors (Lipinski definition) is 6. The number of amides is 1. The summed E-state index contributed by atoms with van der Waals surface area (Å²) in [6, 6.07) is 9.85. The number of nitrogens with two attached hydrogens (primary N) is 1. The summed E-state index contributed by atoms with van der Waals surface area (Å²) in [5, 5.41) is 15.1. The van der Waals surface area contributed by atoms with Crippen molar-refractivity contribution >= 4 is 11.9 Å². The first kappa shape index (κ1) is 24.7. The number of carbonyl (C=O) groups is 1. The zero-order valence-corrected chi connectivity index (χ0v) is 18.1. The predicted molar refractivity (Wildman–Crippen MR) is 112 cm³/mol. The van der Waals surface area contributed by atoms with Crippen LogP contribution in [0.1, 0.15) is 46.1 Å². The number of nitrogens with zero attached hydrogens (tertiary/aromatic N) is 1. The molecule has 0 heterocycles. The van der Waals surface area contributed by atoms with Gasteiger partial charge < -0.3 is 30.5 Å². The van der Waals surface area contributed by atoms with Crippen molar-refractivity contribution in [2.75, 3.05) is 20.3 Å². The Balaban J connectivity index is 2.86. The van der Waals surface area contributed by atoms with Gasteiger partial charge in [-0.3, -0.25) is 0 Å². The van der Waals surface area contributed by atoms with Crippen LogP contribution in [0.5, 0.6) is 0 Å². The lowest BCUT2D eigenvalue weighted by molar-refractivity contribution is -0.0472. The lowest BCUT2D eigenvalue weighted by Gasteiger charge is -2.43. The molecular weight excluding hydrogens is 374 g/mol. The molecule has 0 spiro atoms. The van der Waals surface area contributed by atoms with Gasteiger partial charge in [0.15, 0.2) is 11.4 Å². The normalized spacial score (nSPS) is 15.4. The molecule has 0 saturated heterocycles. The zero-order chi connectivity index (χ0) is 21.9. The molecule has 1 unspecified atom stereocenters. The van der Waals surface area contributed by atoms with E-state index in [1.54, 1.807) is 14.0 Å². The maximum atomic E-state index is 12.2. The minimum absolute atomic E-state index is 0.156. The highest BCUT2D eigenvalue weighted by Crippen LogP contribution is 2.39. The summed E-state index contributed by atoms with van der Waals surface area (Å²) in [7, 11) is 1.60. The van der Waals surface area contributed by atoms with Gasteiger partial charge in [0, 0.05) is 19.1 Å². The standard InChI is InChI=1S/C21H35N3O5/c1-6-23-19(25)29-21(18(22)24-26,20(2,3)4)13-12-17(27-5)15-28-14-16-10-8-7-9-11-16/h7-11,17,26H,6,12-15H2,1-5H3,(H2,22,24)(H,23,25)/t17-,21?/m0/s1. The molecule has 0 aromatic heterocycles. The molecule has 1 rings (SSSR count). The summed E-state index contributed by atoms with van der Waals surface area (Å²) in [4.78, 5) is 12.2. The first-order valence-corrected chi connectivity index (χ1v) is 9.79. The molecule has 2 atom stereocenters. The lowest BCUT2D eigenvalue weighted by Crippen LogP contribution is -2.58. The Labute approximate surface area is 173 Å². The van der Waals surface area contributed by atoms with E-state index < -0.39 is 17.1 Å². The highest BCUT2D eigenvalue weighted by Gasteiger charge is 2.50. The molecule has 8 heteroatoms. The Morgan fingerprint density at radius 3 is 2.45 bits per heavy atom. The van der Waals surface area contributed by atoms with E-state index in [1.165, 1.54) is 0 Å². The third-order valence-electron chi connectivity index (χ3n) is 4.89. The van der Waals surface area contributed by atoms with E-state index >= 15 is 0 Å². The Kier molecular flexibility index (Phi) is 9.91. The maximum Gasteiger partial charge on any atom is 0.408 e. The second-order valence-corrected chi connectivity index (χ2v) is 7.88. The number of oxime groups is 1. The van der Waals surface area contributed by atoms with Crippen LogP contribution in [-0.4, -0.2) is 49.1 Å². The van der Waals surface area contributed by atoms with Gasteiger partial charge in [0.05, 0.1) is 19.3 Å². The van der Waals surface area contributed by atoms with Gasteiger partial charge in [-0.05, 0) is 25.3 Å². The molecule has 0 saturated carbocycles. The third-order valence-corrected chi connectivity index (χ3v) is 4.89. The molecule has 29 heavy (non-hydrogen) atoms.